The second-order valence-corrected chi connectivity index (χ2v) is 4.12. The van der Waals surface area contributed by atoms with Crippen molar-refractivity contribution >= 4 is 0 Å². The molecule has 0 aliphatic heterocycles. The number of hydrogen-bond acceptors (Lipinski definition) is 3. The zero-order valence-electron chi connectivity index (χ0n) is 9.57. The number of nitrogens with one attached hydrogen (secondary N) is 1. The van der Waals surface area contributed by atoms with Gasteiger partial charge in [-0.2, -0.15) is 0 Å². The van der Waals surface area contributed by atoms with Crippen LogP contribution in [0.2, 0.25) is 0 Å². The first-order valence-corrected chi connectivity index (χ1v) is 5.61. The van der Waals surface area contributed by atoms with Gasteiger partial charge < -0.3 is 14.8 Å². The van der Waals surface area contributed by atoms with E-state index in [9.17, 15) is 0 Å². The molecule has 1 aromatic heterocycles. The van der Waals surface area contributed by atoms with Crippen LogP contribution in [0.1, 0.15) is 32.4 Å². The summed E-state index contributed by atoms with van der Waals surface area (Å²) in [4.78, 5) is 0. The van der Waals surface area contributed by atoms with E-state index in [2.05, 4.69) is 19.2 Å². The number of aliphatic hydroxyl groups excluding tert-OH is 1. The molecule has 3 nitrogen and oxygen atoms in total. The summed E-state index contributed by atoms with van der Waals surface area (Å²) >= 11 is 0. The zero-order valence-corrected chi connectivity index (χ0v) is 9.57. The summed E-state index contributed by atoms with van der Waals surface area (Å²) in [6, 6.07) is 4.76. The van der Waals surface area contributed by atoms with Gasteiger partial charge in [0.1, 0.15) is 5.76 Å². The van der Waals surface area contributed by atoms with E-state index in [0.29, 0.717) is 12.1 Å². The Bertz CT molecular complexity index is 246. The summed E-state index contributed by atoms with van der Waals surface area (Å²) in [7, 11) is 0. The minimum absolute atomic E-state index is 0.276. The molecule has 0 saturated carbocycles. The monoisotopic (exact) mass is 211 g/mol. The molecule has 0 aliphatic carbocycles. The molecular formula is C12H21NO2. The Hall–Kier alpha value is -0.800. The Labute approximate surface area is 91.5 Å². The van der Waals surface area contributed by atoms with Crippen molar-refractivity contribution < 1.29 is 9.52 Å². The van der Waals surface area contributed by atoms with Crippen LogP contribution in [0.3, 0.4) is 0 Å². The molecule has 0 spiro atoms. The van der Waals surface area contributed by atoms with Gasteiger partial charge in [-0.15, -0.1) is 0 Å². The maximum absolute atomic E-state index is 8.71. The lowest BCUT2D eigenvalue weighted by atomic mass is 10.1. The number of hydrogen-bond donors (Lipinski definition) is 2. The van der Waals surface area contributed by atoms with E-state index >= 15 is 0 Å². The van der Waals surface area contributed by atoms with E-state index in [1.165, 1.54) is 0 Å². The van der Waals surface area contributed by atoms with Crippen molar-refractivity contribution in [1.82, 2.24) is 5.32 Å². The topological polar surface area (TPSA) is 45.4 Å². The van der Waals surface area contributed by atoms with E-state index < -0.39 is 0 Å². The Kier molecular flexibility index (Phi) is 5.43. The lowest BCUT2D eigenvalue weighted by Crippen LogP contribution is -2.35. The van der Waals surface area contributed by atoms with Crippen LogP contribution < -0.4 is 5.32 Å². The van der Waals surface area contributed by atoms with Gasteiger partial charge in [-0.1, -0.05) is 0 Å². The molecule has 15 heavy (non-hydrogen) atoms. The van der Waals surface area contributed by atoms with Crippen LogP contribution in [0, 0.1) is 0 Å². The average molecular weight is 211 g/mol. The summed E-state index contributed by atoms with van der Waals surface area (Å²) < 4.78 is 5.29. The molecule has 0 bridgehead atoms. The third kappa shape index (κ3) is 5.00. The quantitative estimate of drug-likeness (QED) is 0.724. The van der Waals surface area contributed by atoms with Gasteiger partial charge in [0.2, 0.25) is 0 Å². The first-order chi connectivity index (χ1) is 7.22. The van der Waals surface area contributed by atoms with Gasteiger partial charge in [-0.3, -0.25) is 0 Å². The summed E-state index contributed by atoms with van der Waals surface area (Å²) in [5.41, 5.74) is 0. The first-order valence-electron chi connectivity index (χ1n) is 5.61. The minimum Gasteiger partial charge on any atom is -0.469 e. The second-order valence-electron chi connectivity index (χ2n) is 4.12. The summed E-state index contributed by atoms with van der Waals surface area (Å²) in [5, 5.41) is 12.2. The third-order valence-electron chi connectivity index (χ3n) is 2.45. The fourth-order valence-electron chi connectivity index (χ4n) is 1.76. The van der Waals surface area contributed by atoms with Crippen molar-refractivity contribution in [1.29, 1.82) is 0 Å². The van der Waals surface area contributed by atoms with E-state index in [0.717, 1.165) is 25.0 Å². The van der Waals surface area contributed by atoms with Crippen molar-refractivity contribution in [2.24, 2.45) is 0 Å². The molecule has 0 amide bonds. The molecule has 3 heteroatoms. The molecule has 0 saturated heterocycles. The van der Waals surface area contributed by atoms with Gasteiger partial charge in [-0.25, -0.2) is 0 Å². The van der Waals surface area contributed by atoms with E-state index in [1.54, 1.807) is 6.26 Å². The van der Waals surface area contributed by atoms with Gasteiger partial charge in [0.05, 0.1) is 6.26 Å². The Morgan fingerprint density at radius 1 is 1.40 bits per heavy atom. The molecule has 1 aromatic rings. The average Bonchev–Trinajstić information content (AvgIpc) is 2.67. The fourth-order valence-corrected chi connectivity index (χ4v) is 1.76. The molecule has 0 aliphatic rings. The van der Waals surface area contributed by atoms with Crippen LogP contribution in [0.4, 0.5) is 0 Å². The summed E-state index contributed by atoms with van der Waals surface area (Å²) in [6.45, 7) is 4.57. The lowest BCUT2D eigenvalue weighted by Gasteiger charge is -2.18. The molecule has 86 valence electrons. The Morgan fingerprint density at radius 2 is 2.20 bits per heavy atom. The highest BCUT2D eigenvalue weighted by molar-refractivity contribution is 5.00. The largest absolute Gasteiger partial charge is 0.469 e. The SMILES string of the molecule is CC(CCCO)NC(C)Cc1ccco1. The number of furan rings is 1. The van der Waals surface area contributed by atoms with E-state index in [1.807, 2.05) is 12.1 Å². The maximum atomic E-state index is 8.71. The van der Waals surface area contributed by atoms with Crippen LogP contribution in [0.5, 0.6) is 0 Å². The molecule has 1 rings (SSSR count). The molecule has 2 unspecified atom stereocenters. The summed E-state index contributed by atoms with van der Waals surface area (Å²) in [6.07, 6.45) is 4.49. The lowest BCUT2D eigenvalue weighted by molar-refractivity contribution is 0.273. The van der Waals surface area contributed by atoms with Gasteiger partial charge >= 0.3 is 0 Å². The second kappa shape index (κ2) is 6.64. The first kappa shape index (κ1) is 12.3. The van der Waals surface area contributed by atoms with Gasteiger partial charge in [0, 0.05) is 25.1 Å². The highest BCUT2D eigenvalue weighted by Crippen LogP contribution is 2.05. The van der Waals surface area contributed by atoms with Crippen molar-refractivity contribution in [3.8, 4) is 0 Å². The molecular weight excluding hydrogens is 190 g/mol. The van der Waals surface area contributed by atoms with Crippen LogP contribution in [-0.4, -0.2) is 23.8 Å². The highest BCUT2D eigenvalue weighted by atomic mass is 16.3. The van der Waals surface area contributed by atoms with Gasteiger partial charge in [-0.05, 0) is 38.8 Å². The van der Waals surface area contributed by atoms with Crippen LogP contribution in [0.15, 0.2) is 22.8 Å². The molecule has 0 aromatic carbocycles. The van der Waals surface area contributed by atoms with Crippen molar-refractivity contribution in [2.45, 2.75) is 45.2 Å². The standard InChI is InChI=1S/C12H21NO2/c1-10(5-3-7-14)13-11(2)9-12-6-4-8-15-12/h4,6,8,10-11,13-14H,3,5,7,9H2,1-2H3. The maximum Gasteiger partial charge on any atom is 0.105 e. The Morgan fingerprint density at radius 3 is 2.80 bits per heavy atom. The molecule has 0 fully saturated rings. The number of rotatable bonds is 7. The van der Waals surface area contributed by atoms with E-state index in [4.69, 9.17) is 9.52 Å². The number of aliphatic hydroxyl groups is 1. The fraction of sp³-hybridized carbons (Fsp3) is 0.667. The van der Waals surface area contributed by atoms with Crippen molar-refractivity contribution in [3.63, 3.8) is 0 Å². The van der Waals surface area contributed by atoms with Crippen molar-refractivity contribution in [3.05, 3.63) is 24.2 Å². The zero-order chi connectivity index (χ0) is 11.1. The predicted molar refractivity (Wildman–Crippen MR) is 60.8 cm³/mol. The Balaban J connectivity index is 2.20. The smallest absolute Gasteiger partial charge is 0.105 e. The predicted octanol–water partition coefficient (Wildman–Crippen LogP) is 1.96. The molecule has 0 radical (unpaired) electrons. The molecule has 1 heterocycles. The van der Waals surface area contributed by atoms with Crippen molar-refractivity contribution in [2.75, 3.05) is 6.61 Å². The van der Waals surface area contributed by atoms with E-state index in [-0.39, 0.29) is 6.61 Å². The molecule has 2 atom stereocenters. The summed E-state index contributed by atoms with van der Waals surface area (Å²) in [5.74, 6) is 1.02. The van der Waals surface area contributed by atoms with Gasteiger partial charge in [0.25, 0.3) is 0 Å². The van der Waals surface area contributed by atoms with Crippen LogP contribution in [0.25, 0.3) is 0 Å². The van der Waals surface area contributed by atoms with Gasteiger partial charge in [0.15, 0.2) is 0 Å². The molecule has 2 N–H and O–H groups in total. The van der Waals surface area contributed by atoms with Crippen LogP contribution >= 0.6 is 0 Å². The van der Waals surface area contributed by atoms with Crippen LogP contribution in [-0.2, 0) is 6.42 Å². The third-order valence-corrected chi connectivity index (χ3v) is 2.45. The normalized spacial score (nSPS) is 15.1. The minimum atomic E-state index is 0.276. The highest BCUT2D eigenvalue weighted by Gasteiger charge is 2.08.